The van der Waals surface area contributed by atoms with Crippen molar-refractivity contribution in [2.75, 3.05) is 27.2 Å². The van der Waals surface area contributed by atoms with Crippen LogP contribution in [-0.2, 0) is 6.54 Å². The smallest absolute Gasteiger partial charge is 0.0230 e. The fourth-order valence-corrected chi connectivity index (χ4v) is 2.23. The van der Waals surface area contributed by atoms with Gasteiger partial charge in [-0.3, -0.25) is 0 Å². The molecule has 0 bridgehead atoms. The molecule has 0 amide bonds. The molecule has 2 rings (SSSR count). The van der Waals surface area contributed by atoms with Crippen molar-refractivity contribution >= 4 is 0 Å². The molecule has 0 spiro atoms. The van der Waals surface area contributed by atoms with Crippen LogP contribution in [0.4, 0.5) is 0 Å². The molecular formula is C15H24N2. The van der Waals surface area contributed by atoms with Crippen LogP contribution < -0.4 is 5.32 Å². The average Bonchev–Trinajstić information content (AvgIpc) is 3.14. The Kier molecular flexibility index (Phi) is 4.57. The van der Waals surface area contributed by atoms with Gasteiger partial charge in [0, 0.05) is 6.54 Å². The first kappa shape index (κ1) is 12.6. The van der Waals surface area contributed by atoms with E-state index in [2.05, 4.69) is 41.5 Å². The Labute approximate surface area is 105 Å². The Morgan fingerprint density at radius 1 is 1.24 bits per heavy atom. The van der Waals surface area contributed by atoms with Gasteiger partial charge < -0.3 is 10.2 Å². The highest BCUT2D eigenvalue weighted by Gasteiger charge is 2.22. The maximum atomic E-state index is 3.19. The van der Waals surface area contributed by atoms with Crippen LogP contribution in [0.15, 0.2) is 24.3 Å². The van der Waals surface area contributed by atoms with Gasteiger partial charge in [-0.05, 0) is 63.5 Å². The van der Waals surface area contributed by atoms with Crippen LogP contribution in [0.2, 0.25) is 0 Å². The highest BCUT2D eigenvalue weighted by molar-refractivity contribution is 5.27. The molecule has 1 aliphatic carbocycles. The lowest BCUT2D eigenvalue weighted by molar-refractivity contribution is 0.321. The van der Waals surface area contributed by atoms with Crippen molar-refractivity contribution in [1.29, 1.82) is 0 Å². The number of hydrogen-bond acceptors (Lipinski definition) is 2. The first-order valence-corrected chi connectivity index (χ1v) is 6.71. The number of rotatable bonds is 7. The lowest BCUT2D eigenvalue weighted by atomic mass is 10.1. The zero-order chi connectivity index (χ0) is 12.1. The van der Waals surface area contributed by atoms with Crippen molar-refractivity contribution in [3.8, 4) is 0 Å². The molecule has 94 valence electrons. The molecule has 2 heteroatoms. The maximum Gasteiger partial charge on any atom is 0.0230 e. The standard InChI is InChI=1S/C15H24N2/c1-16-10-3-11-17(2)12-13-4-6-14(7-5-13)15-8-9-15/h4-7,15-16H,3,8-12H2,1-2H3. The molecule has 1 fully saturated rings. The van der Waals surface area contributed by atoms with Gasteiger partial charge in [-0.25, -0.2) is 0 Å². The highest BCUT2D eigenvalue weighted by Crippen LogP contribution is 2.39. The van der Waals surface area contributed by atoms with Crippen LogP contribution in [0.25, 0.3) is 0 Å². The molecule has 0 atom stereocenters. The summed E-state index contributed by atoms with van der Waals surface area (Å²) in [6, 6.07) is 9.22. The third kappa shape index (κ3) is 4.14. The molecule has 0 saturated heterocycles. The molecule has 1 saturated carbocycles. The minimum Gasteiger partial charge on any atom is -0.320 e. The topological polar surface area (TPSA) is 15.3 Å². The minimum atomic E-state index is 0.873. The predicted molar refractivity (Wildman–Crippen MR) is 73.3 cm³/mol. The first-order valence-electron chi connectivity index (χ1n) is 6.71. The number of hydrogen-bond donors (Lipinski definition) is 1. The van der Waals surface area contributed by atoms with Crippen molar-refractivity contribution < 1.29 is 0 Å². The quantitative estimate of drug-likeness (QED) is 0.727. The SMILES string of the molecule is CNCCCN(C)Cc1ccc(C2CC2)cc1. The Balaban J connectivity index is 1.77. The van der Waals surface area contributed by atoms with Crippen molar-refractivity contribution in [3.05, 3.63) is 35.4 Å². The van der Waals surface area contributed by atoms with Crippen LogP contribution >= 0.6 is 0 Å². The fraction of sp³-hybridized carbons (Fsp3) is 0.600. The van der Waals surface area contributed by atoms with Crippen LogP contribution in [0.3, 0.4) is 0 Å². The van der Waals surface area contributed by atoms with Gasteiger partial charge in [0.1, 0.15) is 0 Å². The van der Waals surface area contributed by atoms with E-state index in [0.717, 1.165) is 25.6 Å². The summed E-state index contributed by atoms with van der Waals surface area (Å²) in [5.74, 6) is 0.873. The lowest BCUT2D eigenvalue weighted by Gasteiger charge is -2.16. The number of nitrogens with one attached hydrogen (secondary N) is 1. The van der Waals surface area contributed by atoms with Crippen molar-refractivity contribution in [2.45, 2.75) is 31.7 Å². The first-order chi connectivity index (χ1) is 8.29. The normalized spacial score (nSPS) is 15.5. The van der Waals surface area contributed by atoms with Gasteiger partial charge in [-0.2, -0.15) is 0 Å². The molecule has 1 aliphatic rings. The van der Waals surface area contributed by atoms with Gasteiger partial charge in [0.2, 0.25) is 0 Å². The summed E-state index contributed by atoms with van der Waals surface area (Å²) >= 11 is 0. The largest absolute Gasteiger partial charge is 0.320 e. The van der Waals surface area contributed by atoms with Crippen molar-refractivity contribution in [1.82, 2.24) is 10.2 Å². The van der Waals surface area contributed by atoms with Crippen LogP contribution in [0.1, 0.15) is 36.3 Å². The zero-order valence-electron chi connectivity index (χ0n) is 11.1. The summed E-state index contributed by atoms with van der Waals surface area (Å²) in [5.41, 5.74) is 2.97. The van der Waals surface area contributed by atoms with Gasteiger partial charge in [-0.15, -0.1) is 0 Å². The van der Waals surface area contributed by atoms with E-state index in [1.165, 1.54) is 30.4 Å². The number of nitrogens with zero attached hydrogens (tertiary/aromatic N) is 1. The molecular weight excluding hydrogens is 208 g/mol. The summed E-state index contributed by atoms with van der Waals surface area (Å²) < 4.78 is 0. The van der Waals surface area contributed by atoms with E-state index in [9.17, 15) is 0 Å². The minimum absolute atomic E-state index is 0.873. The Bertz CT molecular complexity index is 327. The molecule has 1 aromatic carbocycles. The third-order valence-corrected chi connectivity index (χ3v) is 3.45. The fourth-order valence-electron chi connectivity index (χ4n) is 2.23. The maximum absolute atomic E-state index is 3.19. The highest BCUT2D eigenvalue weighted by atomic mass is 15.1. The van der Waals surface area contributed by atoms with Crippen molar-refractivity contribution in [3.63, 3.8) is 0 Å². The van der Waals surface area contributed by atoms with E-state index in [0.29, 0.717) is 0 Å². The summed E-state index contributed by atoms with van der Waals surface area (Å²) in [4.78, 5) is 2.39. The van der Waals surface area contributed by atoms with Crippen LogP contribution in [-0.4, -0.2) is 32.1 Å². The lowest BCUT2D eigenvalue weighted by Crippen LogP contribution is -2.22. The molecule has 0 heterocycles. The second-order valence-electron chi connectivity index (χ2n) is 5.21. The molecule has 0 unspecified atom stereocenters. The zero-order valence-corrected chi connectivity index (χ0v) is 11.1. The summed E-state index contributed by atoms with van der Waals surface area (Å²) in [6.45, 7) is 3.32. The number of benzene rings is 1. The van der Waals surface area contributed by atoms with E-state index < -0.39 is 0 Å². The second-order valence-corrected chi connectivity index (χ2v) is 5.21. The average molecular weight is 232 g/mol. The summed E-state index contributed by atoms with van der Waals surface area (Å²) in [6.07, 6.45) is 4.00. The van der Waals surface area contributed by atoms with E-state index >= 15 is 0 Å². The van der Waals surface area contributed by atoms with Gasteiger partial charge in [0.25, 0.3) is 0 Å². The van der Waals surface area contributed by atoms with Gasteiger partial charge in [-0.1, -0.05) is 24.3 Å². The molecule has 17 heavy (non-hydrogen) atoms. The van der Waals surface area contributed by atoms with E-state index in [1.807, 2.05) is 7.05 Å². The summed E-state index contributed by atoms with van der Waals surface area (Å²) in [7, 11) is 4.21. The summed E-state index contributed by atoms with van der Waals surface area (Å²) in [5, 5.41) is 3.19. The third-order valence-electron chi connectivity index (χ3n) is 3.45. The predicted octanol–water partition coefficient (Wildman–Crippen LogP) is 2.61. The molecule has 1 aromatic rings. The molecule has 0 aliphatic heterocycles. The van der Waals surface area contributed by atoms with Gasteiger partial charge >= 0.3 is 0 Å². The molecule has 2 nitrogen and oxygen atoms in total. The molecule has 1 N–H and O–H groups in total. The van der Waals surface area contributed by atoms with E-state index in [4.69, 9.17) is 0 Å². The van der Waals surface area contributed by atoms with Crippen molar-refractivity contribution in [2.24, 2.45) is 0 Å². The van der Waals surface area contributed by atoms with E-state index in [-0.39, 0.29) is 0 Å². The Morgan fingerprint density at radius 3 is 2.53 bits per heavy atom. The van der Waals surface area contributed by atoms with Gasteiger partial charge in [0.05, 0.1) is 0 Å². The molecule has 0 radical (unpaired) electrons. The second kappa shape index (κ2) is 6.18. The Morgan fingerprint density at radius 2 is 1.94 bits per heavy atom. The van der Waals surface area contributed by atoms with E-state index in [1.54, 1.807) is 0 Å². The Hall–Kier alpha value is -0.860. The van der Waals surface area contributed by atoms with Gasteiger partial charge in [0.15, 0.2) is 0 Å². The van der Waals surface area contributed by atoms with Crippen LogP contribution in [0, 0.1) is 0 Å². The molecule has 0 aromatic heterocycles. The monoisotopic (exact) mass is 232 g/mol. The van der Waals surface area contributed by atoms with Crippen LogP contribution in [0.5, 0.6) is 0 Å².